The largest absolute Gasteiger partial charge is 0.382 e. The van der Waals surface area contributed by atoms with Gasteiger partial charge in [0.2, 0.25) is 0 Å². The van der Waals surface area contributed by atoms with Crippen LogP contribution in [-0.2, 0) is 16.1 Å². The topological polar surface area (TPSA) is 73.6 Å². The van der Waals surface area contributed by atoms with Crippen molar-refractivity contribution in [2.45, 2.75) is 33.0 Å². The van der Waals surface area contributed by atoms with Crippen LogP contribution < -0.4 is 5.32 Å². The Balaban J connectivity index is 2.87. The molecule has 1 unspecified atom stereocenters. The minimum atomic E-state index is -0.375. The van der Waals surface area contributed by atoms with Crippen molar-refractivity contribution in [3.63, 3.8) is 0 Å². The number of nitro groups is 1. The van der Waals surface area contributed by atoms with Crippen molar-refractivity contribution in [2.24, 2.45) is 0 Å². The quantitative estimate of drug-likeness (QED) is 0.557. The molecule has 0 saturated carbocycles. The molecule has 0 aliphatic rings. The van der Waals surface area contributed by atoms with Gasteiger partial charge in [-0.15, -0.1) is 0 Å². The number of methoxy groups -OCH3 is 1. The summed E-state index contributed by atoms with van der Waals surface area (Å²) in [7, 11) is 1.61. The molecule has 1 N–H and O–H groups in total. The summed E-state index contributed by atoms with van der Waals surface area (Å²) < 4.78 is 10.6. The highest BCUT2D eigenvalue weighted by Crippen LogP contribution is 2.29. The van der Waals surface area contributed by atoms with E-state index < -0.39 is 0 Å². The fourth-order valence-corrected chi connectivity index (χ4v) is 1.83. The minimum absolute atomic E-state index is 0.0571. The van der Waals surface area contributed by atoms with Gasteiger partial charge in [-0.25, -0.2) is 0 Å². The molecule has 0 aromatic heterocycles. The molecule has 6 heteroatoms. The second-order valence-corrected chi connectivity index (χ2v) is 4.57. The normalized spacial score (nSPS) is 12.2. The lowest BCUT2D eigenvalue weighted by Gasteiger charge is -2.15. The maximum Gasteiger partial charge on any atom is 0.292 e. The van der Waals surface area contributed by atoms with Crippen molar-refractivity contribution in [3.05, 3.63) is 33.9 Å². The van der Waals surface area contributed by atoms with E-state index in [2.05, 4.69) is 5.32 Å². The molecule has 1 aromatic carbocycles. The molecule has 0 saturated heterocycles. The fourth-order valence-electron chi connectivity index (χ4n) is 1.83. The van der Waals surface area contributed by atoms with E-state index in [4.69, 9.17) is 9.47 Å². The fraction of sp³-hybridized carbons (Fsp3) is 0.571. The molecule has 1 rings (SSSR count). The van der Waals surface area contributed by atoms with Gasteiger partial charge in [-0.05, 0) is 13.3 Å². The molecule has 0 bridgehead atoms. The van der Waals surface area contributed by atoms with Crippen LogP contribution in [0.3, 0.4) is 0 Å². The average Bonchev–Trinajstić information content (AvgIpc) is 2.43. The number of nitrogens with zero attached hydrogens (tertiary/aromatic N) is 1. The molecule has 0 radical (unpaired) electrons. The number of benzene rings is 1. The number of rotatable bonds is 9. The number of hydrogen-bond acceptors (Lipinski definition) is 5. The third kappa shape index (κ3) is 4.79. The first-order valence-corrected chi connectivity index (χ1v) is 6.70. The SMILES string of the molecule is CCCNc1c(COC(C)COC)cccc1[N+](=O)[O-]. The average molecular weight is 282 g/mol. The van der Waals surface area contributed by atoms with Crippen LogP contribution in [0, 0.1) is 10.1 Å². The number of para-hydroxylation sites is 1. The predicted molar refractivity (Wildman–Crippen MR) is 78.0 cm³/mol. The van der Waals surface area contributed by atoms with Gasteiger partial charge in [0.15, 0.2) is 0 Å². The summed E-state index contributed by atoms with van der Waals surface area (Å²) >= 11 is 0. The summed E-state index contributed by atoms with van der Waals surface area (Å²) in [5, 5.41) is 14.2. The molecule has 0 aliphatic heterocycles. The highest BCUT2D eigenvalue weighted by atomic mass is 16.6. The Bertz CT molecular complexity index is 437. The zero-order chi connectivity index (χ0) is 15.0. The van der Waals surface area contributed by atoms with Gasteiger partial charge < -0.3 is 14.8 Å². The van der Waals surface area contributed by atoms with E-state index in [0.717, 1.165) is 12.0 Å². The van der Waals surface area contributed by atoms with Gasteiger partial charge >= 0.3 is 0 Å². The van der Waals surface area contributed by atoms with Gasteiger partial charge in [-0.2, -0.15) is 0 Å². The Morgan fingerprint density at radius 1 is 1.45 bits per heavy atom. The number of nitro benzene ring substituents is 1. The third-order valence-electron chi connectivity index (χ3n) is 2.80. The first-order chi connectivity index (χ1) is 9.60. The molecule has 112 valence electrons. The van der Waals surface area contributed by atoms with Crippen LogP contribution in [0.15, 0.2) is 18.2 Å². The molecular weight excluding hydrogens is 260 g/mol. The second kappa shape index (κ2) is 8.50. The third-order valence-corrected chi connectivity index (χ3v) is 2.80. The molecule has 0 spiro atoms. The van der Waals surface area contributed by atoms with E-state index in [1.165, 1.54) is 6.07 Å². The molecule has 1 atom stereocenters. The summed E-state index contributed by atoms with van der Waals surface area (Å²) in [5.74, 6) is 0. The van der Waals surface area contributed by atoms with Gasteiger partial charge in [-0.1, -0.05) is 19.1 Å². The zero-order valence-electron chi connectivity index (χ0n) is 12.2. The molecule has 0 heterocycles. The highest BCUT2D eigenvalue weighted by molar-refractivity contribution is 5.66. The molecule has 20 heavy (non-hydrogen) atoms. The Morgan fingerprint density at radius 3 is 2.80 bits per heavy atom. The van der Waals surface area contributed by atoms with Crippen molar-refractivity contribution >= 4 is 11.4 Å². The van der Waals surface area contributed by atoms with Crippen LogP contribution in [0.25, 0.3) is 0 Å². The van der Waals surface area contributed by atoms with Crippen LogP contribution in [0.4, 0.5) is 11.4 Å². The van der Waals surface area contributed by atoms with Crippen LogP contribution in [0.1, 0.15) is 25.8 Å². The summed E-state index contributed by atoms with van der Waals surface area (Å²) in [5.41, 5.74) is 1.42. The van der Waals surface area contributed by atoms with E-state index in [1.807, 2.05) is 19.9 Å². The van der Waals surface area contributed by atoms with Crippen molar-refractivity contribution in [1.82, 2.24) is 0 Å². The summed E-state index contributed by atoms with van der Waals surface area (Å²) in [6.45, 7) is 5.41. The second-order valence-electron chi connectivity index (χ2n) is 4.57. The number of ether oxygens (including phenoxy) is 2. The van der Waals surface area contributed by atoms with Crippen molar-refractivity contribution in [2.75, 3.05) is 25.6 Å². The van der Waals surface area contributed by atoms with Crippen molar-refractivity contribution in [3.8, 4) is 0 Å². The molecule has 0 fully saturated rings. The van der Waals surface area contributed by atoms with Gasteiger partial charge in [0.25, 0.3) is 5.69 Å². The van der Waals surface area contributed by atoms with Gasteiger partial charge in [0.05, 0.1) is 24.2 Å². The standard InChI is InChI=1S/C14H22N2O4/c1-4-8-15-14-12(10-20-11(2)9-19-3)6-5-7-13(14)16(17)18/h5-7,11,15H,4,8-10H2,1-3H3. The van der Waals surface area contributed by atoms with E-state index in [9.17, 15) is 10.1 Å². The number of nitrogens with one attached hydrogen (secondary N) is 1. The molecule has 0 amide bonds. The van der Waals surface area contributed by atoms with Crippen LogP contribution >= 0.6 is 0 Å². The molecular formula is C14H22N2O4. The monoisotopic (exact) mass is 282 g/mol. The lowest BCUT2D eigenvalue weighted by Crippen LogP contribution is -2.15. The zero-order valence-corrected chi connectivity index (χ0v) is 12.2. The lowest BCUT2D eigenvalue weighted by molar-refractivity contribution is -0.384. The number of hydrogen-bond donors (Lipinski definition) is 1. The van der Waals surface area contributed by atoms with Gasteiger partial charge in [0, 0.05) is 25.3 Å². The van der Waals surface area contributed by atoms with Crippen LogP contribution in [0.5, 0.6) is 0 Å². The minimum Gasteiger partial charge on any atom is -0.382 e. The Hall–Kier alpha value is -1.66. The molecule has 6 nitrogen and oxygen atoms in total. The molecule has 0 aliphatic carbocycles. The van der Waals surface area contributed by atoms with Crippen LogP contribution in [-0.4, -0.2) is 31.3 Å². The summed E-state index contributed by atoms with van der Waals surface area (Å²) in [4.78, 5) is 10.7. The molecule has 1 aromatic rings. The summed E-state index contributed by atoms with van der Waals surface area (Å²) in [6.07, 6.45) is 0.838. The Labute approximate surface area is 119 Å². The van der Waals surface area contributed by atoms with E-state index in [1.54, 1.807) is 13.2 Å². The number of anilines is 1. The lowest BCUT2D eigenvalue weighted by atomic mass is 10.1. The Kier molecular flexibility index (Phi) is 6.97. The maximum absolute atomic E-state index is 11.1. The Morgan fingerprint density at radius 2 is 2.20 bits per heavy atom. The smallest absolute Gasteiger partial charge is 0.292 e. The van der Waals surface area contributed by atoms with E-state index >= 15 is 0 Å². The van der Waals surface area contributed by atoms with Crippen molar-refractivity contribution in [1.29, 1.82) is 0 Å². The summed E-state index contributed by atoms with van der Waals surface area (Å²) in [6, 6.07) is 5.01. The first kappa shape index (κ1) is 16.4. The predicted octanol–water partition coefficient (Wildman–Crippen LogP) is 2.97. The van der Waals surface area contributed by atoms with E-state index in [0.29, 0.717) is 25.4 Å². The van der Waals surface area contributed by atoms with Crippen molar-refractivity contribution < 1.29 is 14.4 Å². The highest BCUT2D eigenvalue weighted by Gasteiger charge is 2.17. The van der Waals surface area contributed by atoms with Gasteiger partial charge in [0.1, 0.15) is 5.69 Å². The van der Waals surface area contributed by atoms with Crippen LogP contribution in [0.2, 0.25) is 0 Å². The first-order valence-electron chi connectivity index (χ1n) is 6.70. The van der Waals surface area contributed by atoms with Gasteiger partial charge in [-0.3, -0.25) is 10.1 Å². The maximum atomic E-state index is 11.1. The van der Waals surface area contributed by atoms with E-state index in [-0.39, 0.29) is 16.7 Å².